The lowest BCUT2D eigenvalue weighted by Gasteiger charge is -2.43. The first-order valence-electron chi connectivity index (χ1n) is 10.5. The maximum absolute atomic E-state index is 12.9. The van der Waals surface area contributed by atoms with E-state index in [1.807, 2.05) is 30.2 Å². The zero-order valence-corrected chi connectivity index (χ0v) is 17.1. The number of amides is 1. The van der Waals surface area contributed by atoms with Crippen molar-refractivity contribution >= 4 is 17.7 Å². The number of hydrogen-bond donors (Lipinski definition) is 0. The van der Waals surface area contributed by atoms with Gasteiger partial charge >= 0.3 is 0 Å². The lowest BCUT2D eigenvalue weighted by atomic mass is 9.92. The molecule has 148 valence electrons. The topological polar surface area (TPSA) is 39.7 Å². The molecular weight excluding hydrogens is 356 g/mol. The Bertz CT molecular complexity index is 599. The molecule has 1 atom stereocenters. The van der Waals surface area contributed by atoms with Crippen LogP contribution in [0.4, 0.5) is 0 Å². The van der Waals surface area contributed by atoms with E-state index < -0.39 is 0 Å². The summed E-state index contributed by atoms with van der Waals surface area (Å²) in [6.45, 7) is 7.37. The van der Waals surface area contributed by atoms with E-state index in [0.29, 0.717) is 11.9 Å². The Morgan fingerprint density at radius 2 is 1.93 bits per heavy atom. The third-order valence-electron chi connectivity index (χ3n) is 6.33. The minimum Gasteiger partial charge on any atom is -0.341 e. The highest BCUT2D eigenvalue weighted by Gasteiger charge is 2.33. The van der Waals surface area contributed by atoms with Crippen LogP contribution >= 0.6 is 11.8 Å². The third-order valence-corrected chi connectivity index (χ3v) is 7.27. The third kappa shape index (κ3) is 5.04. The summed E-state index contributed by atoms with van der Waals surface area (Å²) in [7, 11) is 0. The van der Waals surface area contributed by atoms with Crippen LogP contribution < -0.4 is 0 Å². The lowest BCUT2D eigenvalue weighted by molar-refractivity contribution is -0.137. The number of aromatic nitrogens is 1. The van der Waals surface area contributed by atoms with E-state index in [4.69, 9.17) is 0 Å². The van der Waals surface area contributed by atoms with Gasteiger partial charge in [0.25, 0.3) is 0 Å². The average Bonchev–Trinajstić information content (AvgIpc) is 2.75. The number of hydrogen-bond acceptors (Lipinski definition) is 5. The molecule has 3 aliphatic heterocycles. The smallest absolute Gasteiger partial charge is 0.227 e. The summed E-state index contributed by atoms with van der Waals surface area (Å²) in [4.78, 5) is 24.4. The van der Waals surface area contributed by atoms with Crippen LogP contribution in [0, 0.1) is 5.92 Å². The predicted molar refractivity (Wildman–Crippen MR) is 111 cm³/mol. The average molecular weight is 389 g/mol. The molecule has 5 nitrogen and oxygen atoms in total. The van der Waals surface area contributed by atoms with E-state index in [-0.39, 0.29) is 5.92 Å². The molecule has 0 saturated carbocycles. The van der Waals surface area contributed by atoms with Gasteiger partial charge in [0.15, 0.2) is 0 Å². The van der Waals surface area contributed by atoms with E-state index in [9.17, 15) is 4.79 Å². The van der Waals surface area contributed by atoms with Gasteiger partial charge in [-0.15, -0.1) is 0 Å². The predicted octanol–water partition coefficient (Wildman–Crippen LogP) is 2.33. The normalized spacial score (nSPS) is 26.2. The molecule has 0 aromatic carbocycles. The van der Waals surface area contributed by atoms with Crippen LogP contribution in [-0.2, 0) is 11.3 Å². The first-order chi connectivity index (χ1) is 13.3. The highest BCUT2D eigenvalue weighted by molar-refractivity contribution is 7.99. The van der Waals surface area contributed by atoms with Crippen LogP contribution in [0.3, 0.4) is 0 Å². The minimum atomic E-state index is 0.232. The quantitative estimate of drug-likeness (QED) is 0.792. The van der Waals surface area contributed by atoms with E-state index >= 15 is 0 Å². The van der Waals surface area contributed by atoms with E-state index in [1.165, 1.54) is 31.4 Å². The summed E-state index contributed by atoms with van der Waals surface area (Å²) >= 11 is 1.97. The van der Waals surface area contributed by atoms with Crippen molar-refractivity contribution in [1.82, 2.24) is 19.7 Å². The molecule has 3 fully saturated rings. The van der Waals surface area contributed by atoms with Crippen molar-refractivity contribution in [2.45, 2.75) is 38.3 Å². The molecule has 0 N–H and O–H groups in total. The Labute approximate surface area is 167 Å². The largest absolute Gasteiger partial charge is 0.341 e. The van der Waals surface area contributed by atoms with Gasteiger partial charge in [0.05, 0.1) is 5.92 Å². The second kappa shape index (κ2) is 9.39. The van der Waals surface area contributed by atoms with Gasteiger partial charge in [-0.2, -0.15) is 11.8 Å². The summed E-state index contributed by atoms with van der Waals surface area (Å²) in [6, 6.07) is 4.84. The number of carbonyl (C=O) groups is 1. The number of rotatable bonds is 4. The van der Waals surface area contributed by atoms with Gasteiger partial charge in [-0.25, -0.2) is 0 Å². The molecule has 4 heterocycles. The van der Waals surface area contributed by atoms with Crippen molar-refractivity contribution in [3.63, 3.8) is 0 Å². The molecular formula is C21H32N4OS. The molecule has 27 heavy (non-hydrogen) atoms. The Kier molecular flexibility index (Phi) is 6.69. The second-order valence-electron chi connectivity index (χ2n) is 8.14. The van der Waals surface area contributed by atoms with Gasteiger partial charge in [-0.3, -0.25) is 19.6 Å². The lowest BCUT2D eigenvalue weighted by Crippen LogP contribution is -2.52. The van der Waals surface area contributed by atoms with Crippen LogP contribution in [0.1, 0.15) is 31.2 Å². The molecule has 0 aliphatic carbocycles. The van der Waals surface area contributed by atoms with Crippen LogP contribution in [0.5, 0.6) is 0 Å². The Balaban J connectivity index is 1.26. The van der Waals surface area contributed by atoms with Crippen molar-refractivity contribution in [3.05, 3.63) is 30.1 Å². The molecule has 0 radical (unpaired) electrons. The zero-order valence-electron chi connectivity index (χ0n) is 16.3. The van der Waals surface area contributed by atoms with E-state index in [1.54, 1.807) is 0 Å². The standard InChI is InChI=1S/C21H32N4OS/c26-21(24-11-13-27-14-12-24)19-4-2-8-25(17-19)20-5-9-23(10-6-20)16-18-3-1-7-22-15-18/h1,3,7,15,19-20H,2,4-6,8-14,16-17H2. The molecule has 1 aromatic rings. The minimum absolute atomic E-state index is 0.232. The van der Waals surface area contributed by atoms with E-state index in [0.717, 1.165) is 57.2 Å². The molecule has 0 bridgehead atoms. The fourth-order valence-electron chi connectivity index (χ4n) is 4.77. The van der Waals surface area contributed by atoms with Crippen LogP contribution in [-0.4, -0.2) is 82.4 Å². The van der Waals surface area contributed by atoms with Crippen LogP contribution in [0.2, 0.25) is 0 Å². The number of carbonyl (C=O) groups excluding carboxylic acids is 1. The number of pyridine rings is 1. The van der Waals surface area contributed by atoms with Crippen LogP contribution in [0.25, 0.3) is 0 Å². The van der Waals surface area contributed by atoms with Gasteiger partial charge in [0.2, 0.25) is 5.91 Å². The maximum atomic E-state index is 12.9. The first-order valence-corrected chi connectivity index (χ1v) is 11.7. The van der Waals surface area contributed by atoms with E-state index in [2.05, 4.69) is 25.8 Å². The summed E-state index contributed by atoms with van der Waals surface area (Å²) < 4.78 is 0. The summed E-state index contributed by atoms with van der Waals surface area (Å²) in [5, 5.41) is 0. The Hall–Kier alpha value is -1.11. The monoisotopic (exact) mass is 388 g/mol. The molecule has 1 amide bonds. The fraction of sp³-hybridized carbons (Fsp3) is 0.714. The Morgan fingerprint density at radius 3 is 2.67 bits per heavy atom. The summed E-state index contributed by atoms with van der Waals surface area (Å²) in [5.41, 5.74) is 1.30. The number of piperidine rings is 2. The summed E-state index contributed by atoms with van der Waals surface area (Å²) in [5.74, 6) is 2.87. The second-order valence-corrected chi connectivity index (χ2v) is 9.37. The van der Waals surface area contributed by atoms with Gasteiger partial charge < -0.3 is 4.90 Å². The highest BCUT2D eigenvalue weighted by atomic mass is 32.2. The SMILES string of the molecule is O=C(C1CCCN(C2CCN(Cc3cccnc3)CC2)C1)N1CCSCC1. The molecule has 1 unspecified atom stereocenters. The molecule has 3 aliphatic rings. The molecule has 1 aromatic heterocycles. The van der Waals surface area contributed by atoms with Crippen molar-refractivity contribution in [2.24, 2.45) is 5.92 Å². The number of thioether (sulfide) groups is 1. The van der Waals surface area contributed by atoms with Crippen molar-refractivity contribution in [3.8, 4) is 0 Å². The molecule has 6 heteroatoms. The fourth-order valence-corrected chi connectivity index (χ4v) is 5.68. The first kappa shape index (κ1) is 19.2. The number of likely N-dealkylation sites (tertiary alicyclic amines) is 2. The van der Waals surface area contributed by atoms with Crippen molar-refractivity contribution in [1.29, 1.82) is 0 Å². The highest BCUT2D eigenvalue weighted by Crippen LogP contribution is 2.26. The number of nitrogens with zero attached hydrogens (tertiary/aromatic N) is 4. The van der Waals surface area contributed by atoms with Gasteiger partial charge in [0.1, 0.15) is 0 Å². The maximum Gasteiger partial charge on any atom is 0.227 e. The van der Waals surface area contributed by atoms with Crippen LogP contribution in [0.15, 0.2) is 24.5 Å². The molecule has 4 rings (SSSR count). The molecule has 0 spiro atoms. The summed E-state index contributed by atoms with van der Waals surface area (Å²) in [6.07, 6.45) is 8.52. The van der Waals surface area contributed by atoms with Crippen molar-refractivity contribution in [2.75, 3.05) is 50.8 Å². The van der Waals surface area contributed by atoms with Gasteiger partial charge in [0, 0.05) is 56.1 Å². The van der Waals surface area contributed by atoms with Crippen molar-refractivity contribution < 1.29 is 4.79 Å². The van der Waals surface area contributed by atoms with Gasteiger partial charge in [-0.1, -0.05) is 6.07 Å². The molecule has 3 saturated heterocycles. The zero-order chi connectivity index (χ0) is 18.5. The Morgan fingerprint density at radius 1 is 1.11 bits per heavy atom. The van der Waals surface area contributed by atoms with Gasteiger partial charge in [-0.05, 0) is 56.9 Å².